The van der Waals surface area contributed by atoms with Gasteiger partial charge < -0.3 is 16.8 Å². The molecule has 0 spiro atoms. The number of primary amides is 1. The smallest absolute Gasteiger partial charge is 0.276 e. The molecule has 104 valence electrons. The van der Waals surface area contributed by atoms with Gasteiger partial charge in [0.05, 0.1) is 11.4 Å². The van der Waals surface area contributed by atoms with Gasteiger partial charge in [-0.3, -0.25) is 14.3 Å². The Morgan fingerprint density at radius 1 is 1.25 bits per heavy atom. The predicted octanol–water partition coefficient (Wildman–Crippen LogP) is 0.662. The zero-order valence-corrected chi connectivity index (χ0v) is 11.2. The molecule has 7 heteroatoms. The molecule has 0 radical (unpaired) electrons. The Hall–Kier alpha value is -2.83. The topological polar surface area (TPSA) is 116 Å². The largest absolute Gasteiger partial charge is 0.395 e. The van der Waals surface area contributed by atoms with Gasteiger partial charge in [-0.2, -0.15) is 5.10 Å². The van der Waals surface area contributed by atoms with Gasteiger partial charge in [-0.15, -0.1) is 0 Å². The van der Waals surface area contributed by atoms with E-state index < -0.39 is 5.91 Å². The lowest BCUT2D eigenvalue weighted by Gasteiger charge is -2.06. The minimum absolute atomic E-state index is 0.293. The molecule has 0 unspecified atom stereocenters. The van der Waals surface area contributed by atoms with E-state index in [2.05, 4.69) is 10.4 Å². The van der Waals surface area contributed by atoms with Gasteiger partial charge in [0.25, 0.3) is 5.91 Å². The Balaban J connectivity index is 2.21. The highest BCUT2D eigenvalue weighted by Gasteiger charge is 2.17. The van der Waals surface area contributed by atoms with E-state index in [1.165, 1.54) is 16.8 Å². The minimum Gasteiger partial charge on any atom is -0.395 e. The summed E-state index contributed by atoms with van der Waals surface area (Å²) in [7, 11) is 1.65. The quantitative estimate of drug-likeness (QED) is 0.761. The van der Waals surface area contributed by atoms with Crippen LogP contribution in [0.25, 0.3) is 0 Å². The van der Waals surface area contributed by atoms with Crippen LogP contribution >= 0.6 is 0 Å². The van der Waals surface area contributed by atoms with Crippen molar-refractivity contribution in [3.05, 3.63) is 41.2 Å². The normalized spacial score (nSPS) is 10.3. The lowest BCUT2D eigenvalue weighted by Crippen LogP contribution is -2.18. The highest BCUT2D eigenvalue weighted by atomic mass is 16.2. The van der Waals surface area contributed by atoms with Crippen molar-refractivity contribution in [2.75, 3.05) is 11.1 Å². The van der Waals surface area contributed by atoms with Gasteiger partial charge in [-0.05, 0) is 31.2 Å². The number of nitrogens with two attached hydrogens (primary N) is 2. The number of nitrogen functional groups attached to an aromatic ring is 1. The number of anilines is 2. The van der Waals surface area contributed by atoms with Crippen molar-refractivity contribution in [2.24, 2.45) is 12.8 Å². The number of hydrogen-bond donors (Lipinski definition) is 3. The lowest BCUT2D eigenvalue weighted by atomic mass is 10.2. The zero-order valence-electron chi connectivity index (χ0n) is 11.2. The second-order valence-corrected chi connectivity index (χ2v) is 4.37. The third kappa shape index (κ3) is 2.46. The maximum atomic E-state index is 12.1. The first-order valence-corrected chi connectivity index (χ1v) is 5.90. The Labute approximate surface area is 115 Å². The molecule has 0 fully saturated rings. The molecule has 1 heterocycles. The molecule has 0 atom stereocenters. The highest BCUT2D eigenvalue weighted by Crippen LogP contribution is 2.17. The number of nitrogens with one attached hydrogen (secondary N) is 1. The average molecular weight is 273 g/mol. The molecule has 0 aliphatic rings. The van der Waals surface area contributed by atoms with Crippen LogP contribution < -0.4 is 16.8 Å². The molecule has 1 aromatic carbocycles. The summed E-state index contributed by atoms with van der Waals surface area (Å²) in [5.41, 5.74) is 13.1. The van der Waals surface area contributed by atoms with Crippen molar-refractivity contribution in [1.29, 1.82) is 0 Å². The molecule has 7 nitrogen and oxygen atoms in total. The van der Waals surface area contributed by atoms with Crippen molar-refractivity contribution in [3.63, 3.8) is 0 Å². The monoisotopic (exact) mass is 273 g/mol. The van der Waals surface area contributed by atoms with Crippen LogP contribution in [0.2, 0.25) is 0 Å². The second-order valence-electron chi connectivity index (χ2n) is 4.37. The van der Waals surface area contributed by atoms with Gasteiger partial charge in [0.2, 0.25) is 5.91 Å². The summed E-state index contributed by atoms with van der Waals surface area (Å²) >= 11 is 0. The number of aryl methyl sites for hydroxylation is 2. The Morgan fingerprint density at radius 3 is 2.30 bits per heavy atom. The van der Waals surface area contributed by atoms with Crippen LogP contribution in [0, 0.1) is 6.92 Å². The summed E-state index contributed by atoms with van der Waals surface area (Å²) in [5.74, 6) is -0.883. The number of benzene rings is 1. The van der Waals surface area contributed by atoms with Crippen LogP contribution in [0.5, 0.6) is 0 Å². The van der Waals surface area contributed by atoms with Crippen LogP contribution in [-0.4, -0.2) is 21.6 Å². The molecule has 0 bridgehead atoms. The third-order valence-corrected chi connectivity index (χ3v) is 2.91. The molecule has 0 saturated carbocycles. The van der Waals surface area contributed by atoms with Crippen LogP contribution in [0.3, 0.4) is 0 Å². The molecule has 0 saturated heterocycles. The van der Waals surface area contributed by atoms with E-state index in [1.54, 1.807) is 26.1 Å². The Bertz CT molecular complexity index is 673. The molecular weight excluding hydrogens is 258 g/mol. The van der Waals surface area contributed by atoms with Crippen molar-refractivity contribution in [1.82, 2.24) is 9.78 Å². The molecule has 5 N–H and O–H groups in total. The summed E-state index contributed by atoms with van der Waals surface area (Å²) in [5, 5.41) is 6.77. The summed E-state index contributed by atoms with van der Waals surface area (Å²) < 4.78 is 1.43. The fourth-order valence-corrected chi connectivity index (χ4v) is 1.85. The number of amides is 2. The van der Waals surface area contributed by atoms with E-state index in [4.69, 9.17) is 11.5 Å². The average Bonchev–Trinajstić information content (AvgIpc) is 2.63. The van der Waals surface area contributed by atoms with Gasteiger partial charge in [-0.1, -0.05) is 0 Å². The molecule has 0 aliphatic carbocycles. The molecule has 2 rings (SSSR count). The standard InChI is InChI=1S/C13H15N5O2/c1-7-10(14)11(18(2)17-7)13(20)16-9-5-3-8(4-6-9)12(15)19/h3-6H,14H2,1-2H3,(H2,15,19)(H,16,20). The van der Waals surface area contributed by atoms with Gasteiger partial charge in [0.1, 0.15) is 5.69 Å². The first-order chi connectivity index (χ1) is 9.40. The number of aromatic nitrogens is 2. The molecule has 20 heavy (non-hydrogen) atoms. The van der Waals surface area contributed by atoms with Gasteiger partial charge >= 0.3 is 0 Å². The molecule has 2 aromatic rings. The highest BCUT2D eigenvalue weighted by molar-refractivity contribution is 6.07. The maximum absolute atomic E-state index is 12.1. The van der Waals surface area contributed by atoms with E-state index in [0.29, 0.717) is 28.3 Å². The van der Waals surface area contributed by atoms with Crippen molar-refractivity contribution < 1.29 is 9.59 Å². The summed E-state index contributed by atoms with van der Waals surface area (Å²) in [4.78, 5) is 23.1. The van der Waals surface area contributed by atoms with Crippen LogP contribution in [0.4, 0.5) is 11.4 Å². The zero-order chi connectivity index (χ0) is 14.9. The SMILES string of the molecule is Cc1nn(C)c(C(=O)Nc2ccc(C(N)=O)cc2)c1N. The number of carbonyl (C=O) groups is 2. The van der Waals surface area contributed by atoms with E-state index >= 15 is 0 Å². The lowest BCUT2D eigenvalue weighted by molar-refractivity contribution is 0.0997. The summed E-state index contributed by atoms with van der Waals surface area (Å²) in [6, 6.07) is 6.26. The van der Waals surface area contributed by atoms with Crippen molar-refractivity contribution >= 4 is 23.2 Å². The van der Waals surface area contributed by atoms with Gasteiger partial charge in [-0.25, -0.2) is 0 Å². The summed E-state index contributed by atoms with van der Waals surface area (Å²) in [6.45, 7) is 1.73. The van der Waals surface area contributed by atoms with Crippen LogP contribution in [0.1, 0.15) is 26.5 Å². The molecular formula is C13H15N5O2. The number of rotatable bonds is 3. The second kappa shape index (κ2) is 5.04. The number of hydrogen-bond acceptors (Lipinski definition) is 4. The summed E-state index contributed by atoms with van der Waals surface area (Å²) in [6.07, 6.45) is 0. The first kappa shape index (κ1) is 13.6. The van der Waals surface area contributed by atoms with E-state index in [-0.39, 0.29) is 5.91 Å². The minimum atomic E-state index is -0.519. The van der Waals surface area contributed by atoms with Crippen molar-refractivity contribution in [3.8, 4) is 0 Å². The predicted molar refractivity (Wildman–Crippen MR) is 75.3 cm³/mol. The Kier molecular flexibility index (Phi) is 3.43. The maximum Gasteiger partial charge on any atom is 0.276 e. The number of nitrogens with zero attached hydrogens (tertiary/aromatic N) is 2. The van der Waals surface area contributed by atoms with Crippen molar-refractivity contribution in [2.45, 2.75) is 6.92 Å². The molecule has 0 aliphatic heterocycles. The van der Waals surface area contributed by atoms with E-state index in [0.717, 1.165) is 0 Å². The van der Waals surface area contributed by atoms with Gasteiger partial charge in [0.15, 0.2) is 0 Å². The molecule has 2 amide bonds. The van der Waals surface area contributed by atoms with Crippen LogP contribution in [-0.2, 0) is 7.05 Å². The Morgan fingerprint density at radius 2 is 1.85 bits per heavy atom. The third-order valence-electron chi connectivity index (χ3n) is 2.91. The molecule has 1 aromatic heterocycles. The van der Waals surface area contributed by atoms with E-state index in [1.807, 2.05) is 0 Å². The first-order valence-electron chi connectivity index (χ1n) is 5.90. The fourth-order valence-electron chi connectivity index (χ4n) is 1.85. The van der Waals surface area contributed by atoms with Crippen LogP contribution in [0.15, 0.2) is 24.3 Å². The number of carbonyl (C=O) groups excluding carboxylic acids is 2. The fraction of sp³-hybridized carbons (Fsp3) is 0.154. The van der Waals surface area contributed by atoms with Gasteiger partial charge in [0, 0.05) is 18.3 Å². The van der Waals surface area contributed by atoms with E-state index in [9.17, 15) is 9.59 Å².